The van der Waals surface area contributed by atoms with Gasteiger partial charge in [0.1, 0.15) is 0 Å². The van der Waals surface area contributed by atoms with Crippen molar-refractivity contribution in [3.05, 3.63) is 11.6 Å². The van der Waals surface area contributed by atoms with Crippen molar-refractivity contribution in [1.29, 1.82) is 0 Å². The maximum Gasteiger partial charge on any atom is 0.0551 e. The zero-order valence-corrected chi connectivity index (χ0v) is 11.5. The minimum Gasteiger partial charge on any atom is -0.396 e. The largest absolute Gasteiger partial charge is 0.396 e. The Morgan fingerprint density at radius 3 is 2.53 bits per heavy atom. The summed E-state index contributed by atoms with van der Waals surface area (Å²) >= 11 is 0. The fourth-order valence-electron chi connectivity index (χ4n) is 4.66. The highest BCUT2D eigenvalue weighted by atomic mass is 16.3. The van der Waals surface area contributed by atoms with E-state index in [1.165, 1.54) is 5.57 Å². The van der Waals surface area contributed by atoms with Crippen molar-refractivity contribution in [2.24, 2.45) is 22.7 Å². The van der Waals surface area contributed by atoms with Crippen LogP contribution in [0.1, 0.15) is 47.0 Å². The molecule has 4 atom stereocenters. The van der Waals surface area contributed by atoms with Gasteiger partial charge < -0.3 is 10.2 Å². The third kappa shape index (κ3) is 1.96. The molecule has 0 aromatic carbocycles. The molecule has 0 amide bonds. The van der Waals surface area contributed by atoms with E-state index in [9.17, 15) is 10.2 Å². The van der Waals surface area contributed by atoms with E-state index in [4.69, 9.17) is 0 Å². The van der Waals surface area contributed by atoms with Crippen LogP contribution in [0.5, 0.6) is 0 Å². The molecule has 1 saturated carbocycles. The summed E-state index contributed by atoms with van der Waals surface area (Å²) in [7, 11) is 0. The van der Waals surface area contributed by atoms with Crippen LogP contribution in [0.2, 0.25) is 0 Å². The number of rotatable bonds is 1. The highest BCUT2D eigenvalue weighted by Crippen LogP contribution is 2.59. The quantitative estimate of drug-likeness (QED) is 0.690. The fourth-order valence-corrected chi connectivity index (χ4v) is 4.66. The lowest BCUT2D eigenvalue weighted by molar-refractivity contribution is -0.102. The summed E-state index contributed by atoms with van der Waals surface area (Å²) in [4.78, 5) is 0. The van der Waals surface area contributed by atoms with E-state index in [0.29, 0.717) is 5.92 Å². The summed E-state index contributed by atoms with van der Waals surface area (Å²) in [6.45, 7) is 9.12. The Bertz CT molecular complexity index is 332. The smallest absolute Gasteiger partial charge is 0.0551 e. The average Bonchev–Trinajstić information content (AvgIpc) is 2.13. The van der Waals surface area contributed by atoms with Gasteiger partial charge in [-0.3, -0.25) is 0 Å². The number of aliphatic hydroxyl groups is 2. The van der Waals surface area contributed by atoms with Crippen LogP contribution in [0.4, 0.5) is 0 Å². The normalized spacial score (nSPS) is 45.1. The second-order valence-electron chi connectivity index (χ2n) is 7.03. The van der Waals surface area contributed by atoms with Crippen LogP contribution in [0.3, 0.4) is 0 Å². The van der Waals surface area contributed by atoms with Gasteiger partial charge in [-0.05, 0) is 42.9 Å². The van der Waals surface area contributed by atoms with Crippen molar-refractivity contribution >= 4 is 0 Å². The summed E-state index contributed by atoms with van der Waals surface area (Å²) in [5, 5.41) is 19.8. The van der Waals surface area contributed by atoms with Gasteiger partial charge in [0.25, 0.3) is 0 Å². The maximum atomic E-state index is 10.1. The van der Waals surface area contributed by atoms with E-state index < -0.39 is 0 Å². The molecule has 2 heteroatoms. The lowest BCUT2D eigenvalue weighted by Crippen LogP contribution is -2.53. The van der Waals surface area contributed by atoms with Crippen molar-refractivity contribution in [1.82, 2.24) is 0 Å². The molecule has 0 radical (unpaired) electrons. The fraction of sp³-hybridized carbons (Fsp3) is 0.867. The number of hydrogen-bond donors (Lipinski definition) is 2. The topological polar surface area (TPSA) is 40.5 Å². The second-order valence-corrected chi connectivity index (χ2v) is 7.03. The Balaban J connectivity index is 2.42. The van der Waals surface area contributed by atoms with Crippen LogP contribution in [0.15, 0.2) is 11.6 Å². The molecule has 0 aliphatic heterocycles. The van der Waals surface area contributed by atoms with E-state index in [1.807, 2.05) is 0 Å². The molecule has 4 unspecified atom stereocenters. The van der Waals surface area contributed by atoms with Gasteiger partial charge in [-0.15, -0.1) is 0 Å². The maximum absolute atomic E-state index is 10.1. The number of fused-ring (bicyclic) bond motifs is 1. The molecule has 2 nitrogen and oxygen atoms in total. The Hall–Kier alpha value is -0.340. The van der Waals surface area contributed by atoms with E-state index in [1.54, 1.807) is 0 Å². The average molecular weight is 238 g/mol. The van der Waals surface area contributed by atoms with Crippen LogP contribution in [-0.4, -0.2) is 22.9 Å². The molecule has 2 rings (SSSR count). The SMILES string of the molecule is CC1=CCC2C(C)(C)CC(O)CC2(C)C1CO. The Morgan fingerprint density at radius 1 is 1.29 bits per heavy atom. The van der Waals surface area contributed by atoms with Gasteiger partial charge in [-0.2, -0.15) is 0 Å². The van der Waals surface area contributed by atoms with Crippen molar-refractivity contribution in [2.45, 2.75) is 53.1 Å². The first-order chi connectivity index (χ1) is 7.81. The Morgan fingerprint density at radius 2 is 1.94 bits per heavy atom. The third-order valence-electron chi connectivity index (χ3n) is 5.38. The molecule has 0 aromatic rings. The second kappa shape index (κ2) is 4.10. The van der Waals surface area contributed by atoms with Gasteiger partial charge in [0, 0.05) is 5.92 Å². The highest BCUT2D eigenvalue weighted by molar-refractivity contribution is 5.18. The molecule has 2 aliphatic carbocycles. The standard InChI is InChI=1S/C15H26O2/c1-10-5-6-13-14(2,3)7-11(17)8-15(13,4)12(10)9-16/h5,11-13,16-17H,6-9H2,1-4H3. The van der Waals surface area contributed by atoms with E-state index in [-0.39, 0.29) is 29.5 Å². The number of aliphatic hydroxyl groups excluding tert-OH is 2. The van der Waals surface area contributed by atoms with E-state index >= 15 is 0 Å². The van der Waals surface area contributed by atoms with Crippen LogP contribution >= 0.6 is 0 Å². The van der Waals surface area contributed by atoms with Gasteiger partial charge in [0.2, 0.25) is 0 Å². The minimum atomic E-state index is -0.216. The Kier molecular flexibility index (Phi) is 3.16. The van der Waals surface area contributed by atoms with Crippen molar-refractivity contribution in [2.75, 3.05) is 6.61 Å². The molecule has 2 aliphatic rings. The van der Waals surface area contributed by atoms with Crippen LogP contribution in [0, 0.1) is 22.7 Å². The van der Waals surface area contributed by atoms with Crippen molar-refractivity contribution in [3.63, 3.8) is 0 Å². The summed E-state index contributed by atoms with van der Waals surface area (Å²) in [5.41, 5.74) is 1.52. The third-order valence-corrected chi connectivity index (χ3v) is 5.38. The molecule has 17 heavy (non-hydrogen) atoms. The highest BCUT2D eigenvalue weighted by Gasteiger charge is 2.53. The molecule has 0 saturated heterocycles. The molecular weight excluding hydrogens is 212 g/mol. The first-order valence-electron chi connectivity index (χ1n) is 6.77. The van der Waals surface area contributed by atoms with Crippen LogP contribution < -0.4 is 0 Å². The Labute approximate surface area is 105 Å². The predicted molar refractivity (Wildman–Crippen MR) is 69.6 cm³/mol. The molecule has 0 heterocycles. The van der Waals surface area contributed by atoms with Gasteiger partial charge in [-0.25, -0.2) is 0 Å². The van der Waals surface area contributed by atoms with Gasteiger partial charge in [0.15, 0.2) is 0 Å². The molecular formula is C15H26O2. The molecule has 0 bridgehead atoms. The zero-order chi connectivity index (χ0) is 12.8. The van der Waals surface area contributed by atoms with Crippen LogP contribution in [0.25, 0.3) is 0 Å². The van der Waals surface area contributed by atoms with Crippen molar-refractivity contribution in [3.8, 4) is 0 Å². The number of hydrogen-bond acceptors (Lipinski definition) is 2. The van der Waals surface area contributed by atoms with E-state index in [0.717, 1.165) is 19.3 Å². The number of allylic oxidation sites excluding steroid dienone is 1. The lowest BCUT2D eigenvalue weighted by atomic mass is 9.48. The minimum absolute atomic E-state index is 0.0503. The summed E-state index contributed by atoms with van der Waals surface area (Å²) < 4.78 is 0. The molecule has 0 spiro atoms. The zero-order valence-electron chi connectivity index (χ0n) is 11.5. The van der Waals surface area contributed by atoms with Gasteiger partial charge in [0.05, 0.1) is 12.7 Å². The summed E-state index contributed by atoms with van der Waals surface area (Å²) in [6.07, 6.45) is 4.90. The molecule has 0 aromatic heterocycles. The first-order valence-corrected chi connectivity index (χ1v) is 6.77. The van der Waals surface area contributed by atoms with Crippen molar-refractivity contribution < 1.29 is 10.2 Å². The van der Waals surface area contributed by atoms with Crippen LogP contribution in [-0.2, 0) is 0 Å². The summed E-state index contributed by atoms with van der Waals surface area (Å²) in [5.74, 6) is 0.787. The predicted octanol–water partition coefficient (Wildman–Crippen LogP) is 2.75. The lowest BCUT2D eigenvalue weighted by Gasteiger charge is -2.57. The molecule has 98 valence electrons. The molecule has 2 N–H and O–H groups in total. The van der Waals surface area contributed by atoms with Gasteiger partial charge >= 0.3 is 0 Å². The van der Waals surface area contributed by atoms with E-state index in [2.05, 4.69) is 33.8 Å². The van der Waals surface area contributed by atoms with Gasteiger partial charge in [-0.1, -0.05) is 32.4 Å². The molecule has 1 fully saturated rings. The monoisotopic (exact) mass is 238 g/mol. The summed E-state index contributed by atoms with van der Waals surface area (Å²) in [6, 6.07) is 0. The first kappa shape index (κ1) is 13.1.